The lowest BCUT2D eigenvalue weighted by molar-refractivity contribution is -0.0444. The van der Waals surface area contributed by atoms with Crippen LogP contribution in [0.3, 0.4) is 0 Å². The average molecular weight is 404 g/mol. The maximum absolute atomic E-state index is 13.4. The second kappa shape index (κ2) is 7.03. The molecule has 0 aromatic carbocycles. The Bertz CT molecular complexity index is 938. The quantitative estimate of drug-likeness (QED) is 0.843. The summed E-state index contributed by atoms with van der Waals surface area (Å²) in [6.45, 7) is 2.22. The number of aromatic nitrogens is 3. The van der Waals surface area contributed by atoms with Crippen molar-refractivity contribution in [3.8, 4) is 0 Å². The number of pyridine rings is 1. The molecule has 30 heavy (non-hydrogen) atoms. The molecule has 156 valence electrons. The van der Waals surface area contributed by atoms with Gasteiger partial charge in [0.1, 0.15) is 6.33 Å². The van der Waals surface area contributed by atoms with Crippen LogP contribution in [0, 0.1) is 23.2 Å². The largest absolute Gasteiger partial charge is 0.384 e. The van der Waals surface area contributed by atoms with Crippen molar-refractivity contribution < 1.29 is 4.79 Å². The molecule has 6 heteroatoms. The van der Waals surface area contributed by atoms with Gasteiger partial charge in [-0.15, -0.1) is 0 Å². The van der Waals surface area contributed by atoms with Gasteiger partial charge in [-0.2, -0.15) is 0 Å². The van der Waals surface area contributed by atoms with Crippen molar-refractivity contribution in [1.29, 1.82) is 0 Å². The molecule has 0 saturated heterocycles. The molecule has 4 aliphatic carbocycles. The molecule has 0 radical (unpaired) electrons. The van der Waals surface area contributed by atoms with Crippen LogP contribution in [0.15, 0.2) is 31.0 Å². The van der Waals surface area contributed by atoms with Crippen LogP contribution in [0.4, 0.5) is 5.69 Å². The molecular formula is C24H29N5O. The number of nitrogens with zero attached hydrogens (tertiary/aromatic N) is 4. The third kappa shape index (κ3) is 3.17. The molecule has 1 N–H and O–H groups in total. The minimum absolute atomic E-state index is 0.0420. The van der Waals surface area contributed by atoms with E-state index < -0.39 is 0 Å². The molecule has 5 aliphatic rings. The normalized spacial score (nSPS) is 31.5. The van der Waals surface area contributed by atoms with Gasteiger partial charge in [-0.3, -0.25) is 9.78 Å². The van der Waals surface area contributed by atoms with Crippen molar-refractivity contribution in [2.24, 2.45) is 23.2 Å². The number of carbonyl (C=O) groups is 1. The fourth-order valence-corrected chi connectivity index (χ4v) is 7.10. The number of anilines is 1. The Balaban J connectivity index is 1.19. The van der Waals surface area contributed by atoms with Crippen molar-refractivity contribution in [2.45, 2.75) is 51.5 Å². The zero-order valence-corrected chi connectivity index (χ0v) is 17.4. The summed E-state index contributed by atoms with van der Waals surface area (Å²) in [5, 5.41) is 3.70. The highest BCUT2D eigenvalue weighted by molar-refractivity contribution is 5.99. The second-order valence-electron chi connectivity index (χ2n) is 10.2. The maximum atomic E-state index is 13.4. The zero-order chi connectivity index (χ0) is 20.1. The van der Waals surface area contributed by atoms with Gasteiger partial charge in [0, 0.05) is 31.7 Å². The van der Waals surface area contributed by atoms with Gasteiger partial charge in [-0.1, -0.05) is 0 Å². The highest BCUT2D eigenvalue weighted by atomic mass is 16.2. The summed E-state index contributed by atoms with van der Waals surface area (Å²) in [6, 6.07) is 1.97. The van der Waals surface area contributed by atoms with Gasteiger partial charge >= 0.3 is 0 Å². The minimum atomic E-state index is 0.0420. The van der Waals surface area contributed by atoms with Crippen LogP contribution in [0.5, 0.6) is 0 Å². The van der Waals surface area contributed by atoms with E-state index >= 15 is 0 Å². The fourth-order valence-electron chi connectivity index (χ4n) is 7.10. The maximum Gasteiger partial charge on any atom is 0.257 e. The molecule has 7 rings (SSSR count). The van der Waals surface area contributed by atoms with E-state index in [1.165, 1.54) is 38.5 Å². The van der Waals surface area contributed by atoms with E-state index in [1.54, 1.807) is 18.7 Å². The van der Waals surface area contributed by atoms with Crippen LogP contribution in [0.25, 0.3) is 0 Å². The number of fused-ring (bicyclic) bond motifs is 1. The van der Waals surface area contributed by atoms with Gasteiger partial charge in [0.2, 0.25) is 0 Å². The number of hydrogen-bond acceptors (Lipinski definition) is 5. The monoisotopic (exact) mass is 403 g/mol. The van der Waals surface area contributed by atoms with Crippen molar-refractivity contribution in [3.63, 3.8) is 0 Å². The lowest BCUT2D eigenvalue weighted by Gasteiger charge is -2.57. The lowest BCUT2D eigenvalue weighted by Crippen LogP contribution is -2.49. The average Bonchev–Trinajstić information content (AvgIpc) is 2.76. The minimum Gasteiger partial charge on any atom is -0.384 e. The molecule has 0 atom stereocenters. The molecule has 6 nitrogen and oxygen atoms in total. The van der Waals surface area contributed by atoms with Crippen LogP contribution in [0.1, 0.15) is 60.1 Å². The Morgan fingerprint density at radius 2 is 1.87 bits per heavy atom. The molecule has 0 unspecified atom stereocenters. The van der Waals surface area contributed by atoms with Gasteiger partial charge < -0.3 is 10.2 Å². The Labute approximate surface area is 177 Å². The highest BCUT2D eigenvalue weighted by Gasteiger charge is 2.50. The Hall–Kier alpha value is -2.50. The third-order valence-electron chi connectivity index (χ3n) is 8.03. The van der Waals surface area contributed by atoms with Crippen LogP contribution in [-0.2, 0) is 13.0 Å². The molecule has 4 fully saturated rings. The standard InChI is InChI=1S/C24H29N5O/c30-23(29-4-2-19-11-26-15-28-22(19)13-29)20-12-25-3-1-21(20)27-14-24-8-16-5-17(9-24)7-18(6-16)10-24/h1,3,11-12,15-18H,2,4-10,13-14H2,(H,25,27). The van der Waals surface area contributed by atoms with Gasteiger partial charge in [0.15, 0.2) is 0 Å². The molecule has 4 saturated carbocycles. The summed E-state index contributed by atoms with van der Waals surface area (Å²) in [7, 11) is 0. The summed E-state index contributed by atoms with van der Waals surface area (Å²) >= 11 is 0. The van der Waals surface area contributed by atoms with Gasteiger partial charge in [0.05, 0.1) is 23.5 Å². The molecule has 3 heterocycles. The number of amides is 1. The molecule has 2 aromatic rings. The van der Waals surface area contributed by atoms with E-state index in [1.807, 2.05) is 17.2 Å². The van der Waals surface area contributed by atoms with Crippen molar-refractivity contribution >= 4 is 11.6 Å². The molecule has 4 bridgehead atoms. The number of rotatable bonds is 4. The van der Waals surface area contributed by atoms with Gasteiger partial charge in [0.25, 0.3) is 5.91 Å². The van der Waals surface area contributed by atoms with E-state index in [0.29, 0.717) is 24.1 Å². The third-order valence-corrected chi connectivity index (χ3v) is 8.03. The first-order valence-corrected chi connectivity index (χ1v) is 11.4. The molecule has 1 aliphatic heterocycles. The number of carbonyl (C=O) groups excluding carboxylic acids is 1. The van der Waals surface area contributed by atoms with Gasteiger partial charge in [-0.05, 0) is 79.7 Å². The van der Waals surface area contributed by atoms with Crippen molar-refractivity contribution in [1.82, 2.24) is 19.9 Å². The SMILES string of the molecule is O=C(c1cnccc1NCC12CC3CC(CC(C3)C1)C2)N1CCc2cncnc2C1. The summed E-state index contributed by atoms with van der Waals surface area (Å²) in [6.07, 6.45) is 16.2. The Morgan fingerprint density at radius 1 is 1.10 bits per heavy atom. The van der Waals surface area contributed by atoms with E-state index in [4.69, 9.17) is 0 Å². The van der Waals surface area contributed by atoms with Crippen LogP contribution < -0.4 is 5.32 Å². The van der Waals surface area contributed by atoms with Crippen molar-refractivity contribution in [2.75, 3.05) is 18.4 Å². The van der Waals surface area contributed by atoms with Crippen LogP contribution in [-0.4, -0.2) is 38.8 Å². The smallest absolute Gasteiger partial charge is 0.257 e. The topological polar surface area (TPSA) is 71.0 Å². The van der Waals surface area contributed by atoms with Crippen molar-refractivity contribution in [3.05, 3.63) is 47.8 Å². The van der Waals surface area contributed by atoms with E-state index in [2.05, 4.69) is 20.3 Å². The molecular weight excluding hydrogens is 374 g/mol. The van der Waals surface area contributed by atoms with E-state index in [9.17, 15) is 4.79 Å². The first-order chi connectivity index (χ1) is 14.7. The summed E-state index contributed by atoms with van der Waals surface area (Å²) < 4.78 is 0. The highest BCUT2D eigenvalue weighted by Crippen LogP contribution is 2.59. The van der Waals surface area contributed by atoms with E-state index in [0.717, 1.165) is 47.7 Å². The fraction of sp³-hybridized carbons (Fsp3) is 0.583. The summed E-state index contributed by atoms with van der Waals surface area (Å²) in [5.41, 5.74) is 4.14. The number of nitrogens with one attached hydrogen (secondary N) is 1. The lowest BCUT2D eigenvalue weighted by atomic mass is 9.49. The summed E-state index contributed by atoms with van der Waals surface area (Å²) in [4.78, 5) is 28.0. The van der Waals surface area contributed by atoms with E-state index in [-0.39, 0.29) is 5.91 Å². The second-order valence-corrected chi connectivity index (χ2v) is 10.2. The summed E-state index contributed by atoms with van der Waals surface area (Å²) in [5.74, 6) is 2.85. The van der Waals surface area contributed by atoms with Crippen LogP contribution in [0.2, 0.25) is 0 Å². The van der Waals surface area contributed by atoms with Gasteiger partial charge in [-0.25, -0.2) is 9.97 Å². The molecule has 0 spiro atoms. The Morgan fingerprint density at radius 3 is 2.63 bits per heavy atom. The zero-order valence-electron chi connectivity index (χ0n) is 17.4. The number of hydrogen-bond donors (Lipinski definition) is 1. The van der Waals surface area contributed by atoms with Crippen LogP contribution >= 0.6 is 0 Å². The first-order valence-electron chi connectivity index (χ1n) is 11.4. The predicted molar refractivity (Wildman–Crippen MR) is 114 cm³/mol. The predicted octanol–water partition coefficient (Wildman–Crippen LogP) is 3.70. The molecule has 2 aromatic heterocycles. The first kappa shape index (κ1) is 18.3. The Kier molecular flexibility index (Phi) is 4.29. The molecule has 1 amide bonds.